The van der Waals surface area contributed by atoms with E-state index in [-0.39, 0.29) is 23.3 Å². The number of carboxylic acid groups (broad SMARTS) is 1. The molecule has 0 aliphatic rings. The Labute approximate surface area is 121 Å². The molecular formula is C16H10N2O3. The summed E-state index contributed by atoms with van der Waals surface area (Å²) in [5, 5.41) is 26.9. The van der Waals surface area contributed by atoms with E-state index in [0.29, 0.717) is 11.3 Å². The van der Waals surface area contributed by atoms with Crippen LogP contribution < -0.4 is 4.74 Å². The fraction of sp³-hybridized carbons (Fsp3) is 0.0625. The molecule has 0 radical (unpaired) electrons. The minimum Gasteiger partial charge on any atom is -0.481 e. The number of benzene rings is 2. The van der Waals surface area contributed by atoms with Crippen LogP contribution in [0.15, 0.2) is 42.5 Å². The zero-order valence-corrected chi connectivity index (χ0v) is 10.9. The molecular weight excluding hydrogens is 268 g/mol. The van der Waals surface area contributed by atoms with Gasteiger partial charge >= 0.3 is 5.97 Å². The summed E-state index contributed by atoms with van der Waals surface area (Å²) in [6.45, 7) is 0. The molecule has 5 nitrogen and oxygen atoms in total. The average molecular weight is 278 g/mol. The molecule has 0 bridgehead atoms. The topological polar surface area (TPSA) is 94.1 Å². The largest absolute Gasteiger partial charge is 0.481 e. The number of carbonyl (C=O) groups is 1. The Kier molecular flexibility index (Phi) is 4.18. The van der Waals surface area contributed by atoms with Crippen molar-refractivity contribution in [1.82, 2.24) is 0 Å². The summed E-state index contributed by atoms with van der Waals surface area (Å²) in [6, 6.07) is 15.2. The van der Waals surface area contributed by atoms with Crippen molar-refractivity contribution in [3.63, 3.8) is 0 Å². The molecule has 0 saturated carbocycles. The van der Waals surface area contributed by atoms with Crippen LogP contribution in [0.3, 0.4) is 0 Å². The van der Waals surface area contributed by atoms with Gasteiger partial charge in [0.25, 0.3) is 0 Å². The molecule has 0 spiro atoms. The molecule has 0 amide bonds. The first-order chi connectivity index (χ1) is 10.1. The second kappa shape index (κ2) is 6.23. The highest BCUT2D eigenvalue weighted by molar-refractivity contribution is 5.70. The van der Waals surface area contributed by atoms with Crippen molar-refractivity contribution >= 4 is 5.97 Å². The zero-order valence-electron chi connectivity index (χ0n) is 10.9. The Bertz CT molecular complexity index is 770. The summed E-state index contributed by atoms with van der Waals surface area (Å²) < 4.78 is 5.60. The minimum absolute atomic E-state index is 0.111. The molecule has 5 heteroatoms. The van der Waals surface area contributed by atoms with Gasteiger partial charge in [-0.15, -0.1) is 0 Å². The number of hydrogen-bond donors (Lipinski definition) is 1. The first-order valence-electron chi connectivity index (χ1n) is 6.06. The van der Waals surface area contributed by atoms with Crippen molar-refractivity contribution in [1.29, 1.82) is 10.5 Å². The summed E-state index contributed by atoms with van der Waals surface area (Å²) in [6.07, 6.45) is -0.111. The number of carboxylic acids is 1. The van der Waals surface area contributed by atoms with E-state index in [4.69, 9.17) is 20.4 Å². The maximum absolute atomic E-state index is 10.7. The van der Waals surface area contributed by atoms with Gasteiger partial charge in [-0.3, -0.25) is 4.79 Å². The minimum atomic E-state index is -0.934. The van der Waals surface area contributed by atoms with Crippen LogP contribution >= 0.6 is 0 Å². The lowest BCUT2D eigenvalue weighted by molar-refractivity contribution is -0.136. The third kappa shape index (κ3) is 3.37. The maximum atomic E-state index is 10.7. The lowest BCUT2D eigenvalue weighted by Crippen LogP contribution is -2.00. The van der Waals surface area contributed by atoms with Crippen LogP contribution in [0.25, 0.3) is 0 Å². The average Bonchev–Trinajstić information content (AvgIpc) is 2.46. The molecule has 2 rings (SSSR count). The molecule has 2 aromatic rings. The van der Waals surface area contributed by atoms with Crippen molar-refractivity contribution in [2.24, 2.45) is 0 Å². The fourth-order valence-corrected chi connectivity index (χ4v) is 1.85. The summed E-state index contributed by atoms with van der Waals surface area (Å²) in [7, 11) is 0. The van der Waals surface area contributed by atoms with Crippen LogP contribution in [-0.2, 0) is 11.2 Å². The summed E-state index contributed by atoms with van der Waals surface area (Å²) >= 11 is 0. The van der Waals surface area contributed by atoms with Gasteiger partial charge in [0.15, 0.2) is 0 Å². The monoisotopic (exact) mass is 278 g/mol. The lowest BCUT2D eigenvalue weighted by Gasteiger charge is -2.09. The van der Waals surface area contributed by atoms with Crippen LogP contribution in [0.1, 0.15) is 16.7 Å². The Morgan fingerprint density at radius 2 is 1.90 bits per heavy atom. The van der Waals surface area contributed by atoms with Crippen molar-refractivity contribution in [2.75, 3.05) is 0 Å². The van der Waals surface area contributed by atoms with Gasteiger partial charge in [0.05, 0.1) is 12.0 Å². The lowest BCUT2D eigenvalue weighted by atomic mass is 10.1. The predicted molar refractivity (Wildman–Crippen MR) is 73.7 cm³/mol. The molecule has 0 aliphatic carbocycles. The highest BCUT2D eigenvalue weighted by atomic mass is 16.5. The van der Waals surface area contributed by atoms with Gasteiger partial charge in [-0.05, 0) is 29.8 Å². The van der Waals surface area contributed by atoms with E-state index >= 15 is 0 Å². The van der Waals surface area contributed by atoms with Gasteiger partial charge in [0, 0.05) is 0 Å². The molecule has 0 atom stereocenters. The Balaban J connectivity index is 2.33. The van der Waals surface area contributed by atoms with Crippen molar-refractivity contribution in [3.8, 4) is 23.6 Å². The molecule has 0 heterocycles. The van der Waals surface area contributed by atoms with Gasteiger partial charge in [-0.2, -0.15) is 10.5 Å². The summed E-state index contributed by atoms with van der Waals surface area (Å²) in [4.78, 5) is 10.7. The number of ether oxygens (including phenoxy) is 1. The molecule has 2 aromatic carbocycles. The third-order valence-corrected chi connectivity index (χ3v) is 2.74. The van der Waals surface area contributed by atoms with E-state index in [1.165, 1.54) is 6.07 Å². The maximum Gasteiger partial charge on any atom is 0.307 e. The molecule has 102 valence electrons. The normalized spacial score (nSPS) is 9.43. The van der Waals surface area contributed by atoms with E-state index in [1.54, 1.807) is 36.4 Å². The summed E-state index contributed by atoms with van der Waals surface area (Å²) in [5.41, 5.74) is 0.982. The van der Waals surface area contributed by atoms with Gasteiger partial charge in [-0.25, -0.2) is 0 Å². The van der Waals surface area contributed by atoms with E-state index < -0.39 is 5.97 Å². The smallest absolute Gasteiger partial charge is 0.307 e. The van der Waals surface area contributed by atoms with E-state index in [1.807, 2.05) is 12.1 Å². The fourth-order valence-electron chi connectivity index (χ4n) is 1.85. The molecule has 1 N–H and O–H groups in total. The van der Waals surface area contributed by atoms with Crippen molar-refractivity contribution < 1.29 is 14.6 Å². The van der Waals surface area contributed by atoms with Crippen LogP contribution in [0.4, 0.5) is 0 Å². The highest BCUT2D eigenvalue weighted by Crippen LogP contribution is 2.27. The van der Waals surface area contributed by atoms with Crippen LogP contribution in [0, 0.1) is 22.7 Å². The number of nitrogens with zero attached hydrogens (tertiary/aromatic N) is 2. The Morgan fingerprint density at radius 1 is 1.14 bits per heavy atom. The van der Waals surface area contributed by atoms with E-state index in [2.05, 4.69) is 0 Å². The summed E-state index contributed by atoms with van der Waals surface area (Å²) in [5.74, 6) is -0.249. The second-order valence-corrected chi connectivity index (χ2v) is 4.22. The molecule has 21 heavy (non-hydrogen) atoms. The van der Waals surface area contributed by atoms with Gasteiger partial charge in [0.1, 0.15) is 29.2 Å². The molecule has 0 saturated heterocycles. The Morgan fingerprint density at radius 3 is 2.57 bits per heavy atom. The Hall–Kier alpha value is -3.31. The number of aliphatic carboxylic acids is 1. The van der Waals surface area contributed by atoms with Gasteiger partial charge in [-0.1, -0.05) is 18.2 Å². The molecule has 0 aliphatic heterocycles. The van der Waals surface area contributed by atoms with Crippen molar-refractivity contribution in [2.45, 2.75) is 6.42 Å². The molecule has 0 unspecified atom stereocenters. The van der Waals surface area contributed by atoms with Gasteiger partial charge in [0.2, 0.25) is 0 Å². The second-order valence-electron chi connectivity index (χ2n) is 4.22. The highest BCUT2D eigenvalue weighted by Gasteiger charge is 2.10. The number of nitriles is 2. The quantitative estimate of drug-likeness (QED) is 0.927. The van der Waals surface area contributed by atoms with E-state index in [0.717, 1.165) is 0 Å². The molecule has 0 aromatic heterocycles. The predicted octanol–water partition coefficient (Wildman–Crippen LogP) is 2.85. The number of rotatable bonds is 4. The van der Waals surface area contributed by atoms with Crippen molar-refractivity contribution in [3.05, 3.63) is 59.2 Å². The molecule has 0 fully saturated rings. The first kappa shape index (κ1) is 14.1. The zero-order chi connectivity index (χ0) is 15.2. The van der Waals surface area contributed by atoms with E-state index in [9.17, 15) is 4.79 Å². The van der Waals surface area contributed by atoms with Gasteiger partial charge < -0.3 is 9.84 Å². The van der Waals surface area contributed by atoms with Crippen LogP contribution in [0.2, 0.25) is 0 Å². The number of hydrogen-bond acceptors (Lipinski definition) is 4. The first-order valence-corrected chi connectivity index (χ1v) is 6.06. The van der Waals surface area contributed by atoms with Crippen LogP contribution in [-0.4, -0.2) is 11.1 Å². The third-order valence-electron chi connectivity index (χ3n) is 2.74. The SMILES string of the molecule is N#Cc1cccc(Oc2cccc(CC(=O)O)c2)c1C#N. The standard InChI is InChI=1S/C16H10N2O3/c17-9-12-4-2-6-15(14(12)10-18)21-13-5-1-3-11(7-13)8-16(19)20/h1-7H,8H2,(H,19,20). The van der Waals surface area contributed by atoms with Crippen LogP contribution in [0.5, 0.6) is 11.5 Å².